The van der Waals surface area contributed by atoms with Gasteiger partial charge >= 0.3 is 11.9 Å². The third kappa shape index (κ3) is 4.00. The van der Waals surface area contributed by atoms with E-state index in [-0.39, 0.29) is 40.6 Å². The van der Waals surface area contributed by atoms with Crippen molar-refractivity contribution in [2.24, 2.45) is 39.4 Å². The van der Waals surface area contributed by atoms with Gasteiger partial charge in [0.25, 0.3) is 0 Å². The molecule has 0 radical (unpaired) electrons. The fraction of sp³-hybridized carbons (Fsp3) is 0.833. The van der Waals surface area contributed by atoms with Gasteiger partial charge in [-0.05, 0) is 79.4 Å². The van der Waals surface area contributed by atoms with Gasteiger partial charge < -0.3 is 9.47 Å². The molecule has 0 spiro atoms. The monoisotopic (exact) mass is 486 g/mol. The van der Waals surface area contributed by atoms with Gasteiger partial charge in [0.2, 0.25) is 0 Å². The van der Waals surface area contributed by atoms with Crippen molar-refractivity contribution in [3.8, 4) is 0 Å². The van der Waals surface area contributed by atoms with Crippen LogP contribution in [0.5, 0.6) is 0 Å². The summed E-state index contributed by atoms with van der Waals surface area (Å²) in [5.74, 6) is 0.516. The van der Waals surface area contributed by atoms with E-state index >= 15 is 0 Å². The Morgan fingerprint density at radius 2 is 1.49 bits per heavy atom. The summed E-state index contributed by atoms with van der Waals surface area (Å²) < 4.78 is 11.8. The molecule has 3 saturated carbocycles. The zero-order valence-electron chi connectivity index (χ0n) is 23.2. The van der Waals surface area contributed by atoms with Crippen molar-refractivity contribution >= 4 is 17.7 Å². The smallest absolute Gasteiger partial charge is 0.303 e. The Morgan fingerprint density at radius 1 is 0.857 bits per heavy atom. The standard InChI is InChI=1S/C30H46O5/c1-9-27(5)12-10-13-28(6)23(27)11-14-29(7)24-15-22(34-19(3)32)21(18(2)31)17-30(24,8)26(16-25(28)29)35-20(4)33/h17,22-26H,9-16H2,1-8H3/t22-,23-,24+,25+,26+,27+,28+,29+,30-/m1/s1. The average Bonchev–Trinajstić information content (AvgIpc) is 2.75. The Bertz CT molecular complexity index is 937. The number of hydrogen-bond donors (Lipinski definition) is 0. The van der Waals surface area contributed by atoms with Gasteiger partial charge in [-0.2, -0.15) is 0 Å². The van der Waals surface area contributed by atoms with E-state index in [0.717, 1.165) is 12.8 Å². The van der Waals surface area contributed by atoms with Gasteiger partial charge in [-0.3, -0.25) is 14.4 Å². The zero-order chi connectivity index (χ0) is 26.0. The van der Waals surface area contributed by atoms with E-state index in [4.69, 9.17) is 9.47 Å². The maximum atomic E-state index is 12.7. The van der Waals surface area contributed by atoms with E-state index in [1.54, 1.807) is 6.92 Å². The Labute approximate surface area is 211 Å². The van der Waals surface area contributed by atoms with Gasteiger partial charge in [0.15, 0.2) is 5.78 Å². The molecular formula is C30H46O5. The Morgan fingerprint density at radius 3 is 2.06 bits per heavy atom. The van der Waals surface area contributed by atoms with Crippen molar-refractivity contribution in [1.29, 1.82) is 0 Å². The van der Waals surface area contributed by atoms with Gasteiger partial charge in [0.1, 0.15) is 12.2 Å². The van der Waals surface area contributed by atoms with Crippen LogP contribution in [-0.4, -0.2) is 29.9 Å². The second kappa shape index (κ2) is 8.73. The molecule has 0 aromatic carbocycles. The minimum Gasteiger partial charge on any atom is -0.462 e. The van der Waals surface area contributed by atoms with Gasteiger partial charge in [-0.15, -0.1) is 0 Å². The van der Waals surface area contributed by atoms with E-state index in [9.17, 15) is 14.4 Å². The molecule has 9 atom stereocenters. The Balaban J connectivity index is 1.85. The first-order valence-electron chi connectivity index (χ1n) is 13.8. The Kier molecular flexibility index (Phi) is 6.59. The number of ketones is 1. The molecule has 5 heteroatoms. The maximum Gasteiger partial charge on any atom is 0.303 e. The highest BCUT2D eigenvalue weighted by molar-refractivity contribution is 5.95. The fourth-order valence-corrected chi connectivity index (χ4v) is 9.78. The second-order valence-corrected chi connectivity index (χ2v) is 13.3. The third-order valence-corrected chi connectivity index (χ3v) is 11.4. The molecule has 0 heterocycles. The van der Waals surface area contributed by atoms with Crippen molar-refractivity contribution in [2.75, 3.05) is 0 Å². The predicted molar refractivity (Wildman–Crippen MR) is 135 cm³/mol. The molecule has 0 unspecified atom stereocenters. The van der Waals surface area contributed by atoms with Gasteiger partial charge in [-0.1, -0.05) is 53.5 Å². The largest absolute Gasteiger partial charge is 0.462 e. The highest BCUT2D eigenvalue weighted by Gasteiger charge is 2.68. The molecule has 0 aliphatic heterocycles. The molecule has 3 fully saturated rings. The molecular weight excluding hydrogens is 440 g/mol. The molecule has 0 aromatic rings. The van der Waals surface area contributed by atoms with Crippen LogP contribution in [0.15, 0.2) is 11.6 Å². The SMILES string of the molecule is CC[C@@]1(C)CCC[C@]2(C)[C@@H]3C[C@H](OC(C)=O)[C@]4(C)C=C(C(C)=O)[C@H](OC(C)=O)C[C@H]4[C@]3(C)CC[C@H]12. The van der Waals surface area contributed by atoms with E-state index in [2.05, 4.69) is 34.6 Å². The van der Waals surface area contributed by atoms with E-state index in [1.165, 1.54) is 46.0 Å². The van der Waals surface area contributed by atoms with Crippen LogP contribution in [0, 0.1) is 39.4 Å². The van der Waals surface area contributed by atoms with Crippen LogP contribution in [0.1, 0.15) is 107 Å². The second-order valence-electron chi connectivity index (χ2n) is 13.3. The number of rotatable bonds is 4. The van der Waals surface area contributed by atoms with Crippen LogP contribution in [0.3, 0.4) is 0 Å². The molecule has 4 rings (SSSR count). The Hall–Kier alpha value is -1.65. The molecule has 4 aliphatic rings. The number of Topliss-reactive ketones (excluding diaryl/α,β-unsaturated/α-hetero) is 1. The van der Waals surface area contributed by atoms with Crippen molar-refractivity contribution in [3.05, 3.63) is 11.6 Å². The predicted octanol–water partition coefficient (Wildman–Crippen LogP) is 6.43. The van der Waals surface area contributed by atoms with Gasteiger partial charge in [0, 0.05) is 24.8 Å². The van der Waals surface area contributed by atoms with E-state index in [1.807, 2.05) is 6.08 Å². The quantitative estimate of drug-likeness (QED) is 0.428. The van der Waals surface area contributed by atoms with Crippen molar-refractivity contribution < 1.29 is 23.9 Å². The first-order chi connectivity index (χ1) is 16.2. The molecule has 0 amide bonds. The number of carbonyl (C=O) groups excluding carboxylic acids is 3. The lowest BCUT2D eigenvalue weighted by molar-refractivity contribution is -0.229. The minimum atomic E-state index is -0.533. The van der Waals surface area contributed by atoms with Crippen molar-refractivity contribution in [3.63, 3.8) is 0 Å². The van der Waals surface area contributed by atoms with E-state index in [0.29, 0.717) is 29.2 Å². The summed E-state index contributed by atoms with van der Waals surface area (Å²) in [6.45, 7) is 16.4. The lowest BCUT2D eigenvalue weighted by Crippen LogP contribution is -2.66. The lowest BCUT2D eigenvalue weighted by atomic mass is 9.35. The highest BCUT2D eigenvalue weighted by atomic mass is 16.5. The fourth-order valence-electron chi connectivity index (χ4n) is 9.78. The molecule has 5 nitrogen and oxygen atoms in total. The summed E-state index contributed by atoms with van der Waals surface area (Å²) >= 11 is 0. The number of ether oxygens (including phenoxy) is 2. The number of esters is 2. The molecule has 4 aliphatic carbocycles. The average molecular weight is 487 g/mol. The number of fused-ring (bicyclic) bond motifs is 5. The van der Waals surface area contributed by atoms with Crippen LogP contribution >= 0.6 is 0 Å². The topological polar surface area (TPSA) is 69.7 Å². The summed E-state index contributed by atoms with van der Waals surface area (Å²) in [6.07, 6.45) is 9.92. The first-order valence-corrected chi connectivity index (χ1v) is 13.8. The maximum absolute atomic E-state index is 12.7. The van der Waals surface area contributed by atoms with Gasteiger partial charge in [-0.25, -0.2) is 0 Å². The summed E-state index contributed by atoms with van der Waals surface area (Å²) in [4.78, 5) is 37.0. The van der Waals surface area contributed by atoms with Crippen LogP contribution in [0.4, 0.5) is 0 Å². The van der Waals surface area contributed by atoms with Crippen LogP contribution in [-0.2, 0) is 23.9 Å². The molecule has 196 valence electrons. The summed E-state index contributed by atoms with van der Waals surface area (Å²) in [5, 5.41) is 0. The molecule has 0 saturated heterocycles. The third-order valence-electron chi connectivity index (χ3n) is 11.4. The first kappa shape index (κ1) is 26.4. The van der Waals surface area contributed by atoms with Crippen molar-refractivity contribution in [2.45, 2.75) is 119 Å². The van der Waals surface area contributed by atoms with Crippen LogP contribution in [0.2, 0.25) is 0 Å². The van der Waals surface area contributed by atoms with Crippen LogP contribution in [0.25, 0.3) is 0 Å². The number of carbonyl (C=O) groups is 3. The summed E-state index contributed by atoms with van der Waals surface area (Å²) in [6, 6.07) is 0. The summed E-state index contributed by atoms with van der Waals surface area (Å²) in [7, 11) is 0. The summed E-state index contributed by atoms with van der Waals surface area (Å²) in [5.41, 5.74) is 0.618. The molecule has 0 aromatic heterocycles. The van der Waals surface area contributed by atoms with Crippen LogP contribution < -0.4 is 0 Å². The minimum absolute atomic E-state index is 0.0137. The molecule has 0 N–H and O–H groups in total. The van der Waals surface area contributed by atoms with Gasteiger partial charge in [0.05, 0.1) is 0 Å². The zero-order valence-corrected chi connectivity index (χ0v) is 23.2. The number of hydrogen-bond acceptors (Lipinski definition) is 5. The van der Waals surface area contributed by atoms with E-state index < -0.39 is 11.5 Å². The molecule has 0 bridgehead atoms. The highest BCUT2D eigenvalue weighted by Crippen LogP contribution is 2.72. The molecule has 35 heavy (non-hydrogen) atoms. The normalized spacial score (nSPS) is 46.9. The lowest BCUT2D eigenvalue weighted by Gasteiger charge is -2.70. The van der Waals surface area contributed by atoms with Crippen molar-refractivity contribution in [1.82, 2.24) is 0 Å².